The molecule has 0 radical (unpaired) electrons. The molecule has 0 amide bonds. The molecular weight excluding hydrogens is 268 g/mol. The molecule has 2 aromatic rings. The number of hydrogen-bond acceptors (Lipinski definition) is 6. The van der Waals surface area contributed by atoms with Crippen LogP contribution in [0.4, 0.5) is 5.82 Å². The maximum Gasteiger partial charge on any atom is 0.163 e. The molecule has 2 aromatic heterocycles. The van der Waals surface area contributed by atoms with Crippen molar-refractivity contribution in [2.24, 2.45) is 7.05 Å². The summed E-state index contributed by atoms with van der Waals surface area (Å²) in [7, 11) is 5.79. The van der Waals surface area contributed by atoms with Gasteiger partial charge in [0.05, 0.1) is 30.8 Å². The molecule has 2 rings (SSSR count). The first-order valence-electron chi connectivity index (χ1n) is 7.17. The quantitative estimate of drug-likeness (QED) is 0.828. The molecule has 0 aliphatic heterocycles. The van der Waals surface area contributed by atoms with Gasteiger partial charge >= 0.3 is 0 Å². The Labute approximate surface area is 125 Å². The van der Waals surface area contributed by atoms with Crippen molar-refractivity contribution >= 4 is 16.9 Å². The molecular formula is C14H24N6O. The summed E-state index contributed by atoms with van der Waals surface area (Å²) in [6.45, 7) is 6.31. The maximum atomic E-state index is 5.56. The number of nitrogens with zero attached hydrogens (tertiary/aromatic N) is 5. The summed E-state index contributed by atoms with van der Waals surface area (Å²) in [5, 5.41) is 8.28. The number of ether oxygens (including phenoxy) is 1. The van der Waals surface area contributed by atoms with Crippen LogP contribution >= 0.6 is 0 Å². The second-order valence-corrected chi connectivity index (χ2v) is 5.40. The molecule has 116 valence electrons. The fraction of sp³-hybridized carbons (Fsp3) is 0.643. The minimum absolute atomic E-state index is 0.260. The first-order valence-corrected chi connectivity index (χ1v) is 7.17. The van der Waals surface area contributed by atoms with Gasteiger partial charge in [0.2, 0.25) is 0 Å². The molecule has 0 spiro atoms. The van der Waals surface area contributed by atoms with Gasteiger partial charge in [-0.15, -0.1) is 0 Å². The normalized spacial score (nSPS) is 11.8. The fourth-order valence-corrected chi connectivity index (χ4v) is 2.09. The highest BCUT2D eigenvalue weighted by Gasteiger charge is 2.12. The lowest BCUT2D eigenvalue weighted by atomic mass is 10.3. The maximum absolute atomic E-state index is 5.56. The number of nitrogens with one attached hydrogen (secondary N) is 1. The highest BCUT2D eigenvalue weighted by Crippen LogP contribution is 2.19. The number of hydrogen-bond donors (Lipinski definition) is 1. The van der Waals surface area contributed by atoms with Crippen molar-refractivity contribution in [1.29, 1.82) is 0 Å². The van der Waals surface area contributed by atoms with Crippen LogP contribution in [0.3, 0.4) is 0 Å². The SMILES string of the molecule is CNc1nc(CN(C)CCOC(C)C)nc2c1cnn2C. The van der Waals surface area contributed by atoms with Gasteiger partial charge in [0.1, 0.15) is 11.6 Å². The molecule has 0 fully saturated rings. The fourth-order valence-electron chi connectivity index (χ4n) is 2.09. The second-order valence-electron chi connectivity index (χ2n) is 5.40. The van der Waals surface area contributed by atoms with Crippen molar-refractivity contribution < 1.29 is 4.74 Å². The van der Waals surface area contributed by atoms with Gasteiger partial charge in [0.15, 0.2) is 5.65 Å². The van der Waals surface area contributed by atoms with E-state index in [1.54, 1.807) is 10.9 Å². The third-order valence-electron chi connectivity index (χ3n) is 3.21. The zero-order valence-electron chi connectivity index (χ0n) is 13.4. The molecule has 0 saturated carbocycles. The van der Waals surface area contributed by atoms with Crippen LogP contribution in [0.15, 0.2) is 6.20 Å². The molecule has 7 heteroatoms. The average molecular weight is 292 g/mol. The van der Waals surface area contributed by atoms with E-state index in [1.165, 1.54) is 0 Å². The minimum atomic E-state index is 0.260. The van der Waals surface area contributed by atoms with Crippen LogP contribution in [-0.2, 0) is 18.3 Å². The Bertz CT molecular complexity index is 594. The van der Waals surface area contributed by atoms with E-state index in [1.807, 2.05) is 35.0 Å². The number of likely N-dealkylation sites (N-methyl/N-ethyl adjacent to an activating group) is 1. The Morgan fingerprint density at radius 1 is 1.38 bits per heavy atom. The Kier molecular flexibility index (Phi) is 5.08. The first kappa shape index (κ1) is 15.7. The van der Waals surface area contributed by atoms with Crippen molar-refractivity contribution in [3.63, 3.8) is 0 Å². The Morgan fingerprint density at radius 3 is 2.81 bits per heavy atom. The van der Waals surface area contributed by atoms with Gasteiger partial charge in [-0.2, -0.15) is 5.10 Å². The molecule has 0 aliphatic carbocycles. The molecule has 0 saturated heterocycles. The predicted molar refractivity (Wildman–Crippen MR) is 83.3 cm³/mol. The summed E-state index contributed by atoms with van der Waals surface area (Å²) in [6.07, 6.45) is 2.04. The van der Waals surface area contributed by atoms with Crippen molar-refractivity contribution in [1.82, 2.24) is 24.6 Å². The highest BCUT2D eigenvalue weighted by molar-refractivity contribution is 5.86. The number of anilines is 1. The van der Waals surface area contributed by atoms with E-state index in [9.17, 15) is 0 Å². The van der Waals surface area contributed by atoms with Gasteiger partial charge in [-0.3, -0.25) is 9.58 Å². The lowest BCUT2D eigenvalue weighted by Gasteiger charge is -2.17. The van der Waals surface area contributed by atoms with Gasteiger partial charge in [0.25, 0.3) is 0 Å². The lowest BCUT2D eigenvalue weighted by Crippen LogP contribution is -2.25. The summed E-state index contributed by atoms with van der Waals surface area (Å²) < 4.78 is 7.33. The summed E-state index contributed by atoms with van der Waals surface area (Å²) in [4.78, 5) is 11.3. The Morgan fingerprint density at radius 2 is 2.14 bits per heavy atom. The van der Waals surface area contributed by atoms with Crippen LogP contribution in [0.25, 0.3) is 11.0 Å². The van der Waals surface area contributed by atoms with E-state index in [-0.39, 0.29) is 6.10 Å². The van der Waals surface area contributed by atoms with Crippen LogP contribution in [0, 0.1) is 0 Å². The minimum Gasteiger partial charge on any atom is -0.377 e. The average Bonchev–Trinajstić information content (AvgIpc) is 2.79. The smallest absolute Gasteiger partial charge is 0.163 e. The standard InChI is InChI=1S/C14H24N6O/c1-10(2)21-7-6-19(4)9-12-17-13(15-3)11-8-16-20(5)14(11)18-12/h8,10H,6-7,9H2,1-5H3,(H,15,17,18). The van der Waals surface area contributed by atoms with Crippen molar-refractivity contribution in [3.8, 4) is 0 Å². The van der Waals surface area contributed by atoms with Crippen LogP contribution in [0.5, 0.6) is 0 Å². The number of aromatic nitrogens is 4. The van der Waals surface area contributed by atoms with Gasteiger partial charge in [-0.25, -0.2) is 9.97 Å². The van der Waals surface area contributed by atoms with E-state index in [4.69, 9.17) is 4.74 Å². The number of fused-ring (bicyclic) bond motifs is 1. The molecule has 0 unspecified atom stereocenters. The Balaban J connectivity index is 2.09. The van der Waals surface area contributed by atoms with Gasteiger partial charge in [-0.05, 0) is 20.9 Å². The van der Waals surface area contributed by atoms with Gasteiger partial charge in [0, 0.05) is 20.6 Å². The molecule has 0 atom stereocenters. The highest BCUT2D eigenvalue weighted by atomic mass is 16.5. The molecule has 21 heavy (non-hydrogen) atoms. The van der Waals surface area contributed by atoms with E-state index >= 15 is 0 Å². The van der Waals surface area contributed by atoms with Crippen molar-refractivity contribution in [2.45, 2.75) is 26.5 Å². The summed E-state index contributed by atoms with van der Waals surface area (Å²) in [6, 6.07) is 0. The van der Waals surface area contributed by atoms with E-state index in [0.717, 1.165) is 29.2 Å². The molecule has 0 aliphatic rings. The molecule has 0 aromatic carbocycles. The second kappa shape index (κ2) is 6.82. The first-order chi connectivity index (χ1) is 10.0. The van der Waals surface area contributed by atoms with Crippen LogP contribution < -0.4 is 5.32 Å². The van der Waals surface area contributed by atoms with Crippen LogP contribution in [-0.4, -0.2) is 58.0 Å². The summed E-state index contributed by atoms with van der Waals surface area (Å²) in [5.41, 5.74) is 0.844. The van der Waals surface area contributed by atoms with Crippen LogP contribution in [0.1, 0.15) is 19.7 Å². The monoisotopic (exact) mass is 292 g/mol. The molecule has 0 bridgehead atoms. The molecule has 2 heterocycles. The topological polar surface area (TPSA) is 68.1 Å². The van der Waals surface area contributed by atoms with Crippen molar-refractivity contribution in [2.75, 3.05) is 32.6 Å². The Hall–Kier alpha value is -1.73. The van der Waals surface area contributed by atoms with Gasteiger partial charge in [-0.1, -0.05) is 0 Å². The molecule has 1 N–H and O–H groups in total. The van der Waals surface area contributed by atoms with E-state index in [0.29, 0.717) is 13.2 Å². The zero-order chi connectivity index (χ0) is 15.4. The third-order valence-corrected chi connectivity index (χ3v) is 3.21. The van der Waals surface area contributed by atoms with E-state index < -0.39 is 0 Å². The number of aryl methyl sites for hydroxylation is 1. The zero-order valence-corrected chi connectivity index (χ0v) is 13.4. The third kappa shape index (κ3) is 3.89. The molecule has 7 nitrogen and oxygen atoms in total. The summed E-state index contributed by atoms with van der Waals surface area (Å²) >= 11 is 0. The largest absolute Gasteiger partial charge is 0.377 e. The predicted octanol–water partition coefficient (Wildman–Crippen LogP) is 1.26. The van der Waals surface area contributed by atoms with Crippen LogP contribution in [0.2, 0.25) is 0 Å². The number of rotatable bonds is 7. The lowest BCUT2D eigenvalue weighted by molar-refractivity contribution is 0.0623. The summed E-state index contributed by atoms with van der Waals surface area (Å²) in [5.74, 6) is 1.59. The van der Waals surface area contributed by atoms with Gasteiger partial charge < -0.3 is 10.1 Å². The van der Waals surface area contributed by atoms with Crippen molar-refractivity contribution in [3.05, 3.63) is 12.0 Å². The van der Waals surface area contributed by atoms with E-state index in [2.05, 4.69) is 25.3 Å².